The van der Waals surface area contributed by atoms with E-state index in [1.807, 2.05) is 13.0 Å². The third kappa shape index (κ3) is 3.39. The fourth-order valence-electron chi connectivity index (χ4n) is 2.52. The molecule has 0 bridgehead atoms. The Balaban J connectivity index is 2.29. The lowest BCUT2D eigenvalue weighted by Gasteiger charge is -2.39. The van der Waals surface area contributed by atoms with Crippen molar-refractivity contribution in [1.29, 1.82) is 0 Å². The van der Waals surface area contributed by atoms with Crippen LogP contribution in [0.1, 0.15) is 18.1 Å². The van der Waals surface area contributed by atoms with Gasteiger partial charge in [-0.1, -0.05) is 11.6 Å². The zero-order valence-electron chi connectivity index (χ0n) is 12.3. The summed E-state index contributed by atoms with van der Waals surface area (Å²) < 4.78 is 0. The number of aryl methyl sites for hydroxylation is 1. The summed E-state index contributed by atoms with van der Waals surface area (Å²) in [6.07, 6.45) is 2.89. The maximum atomic E-state index is 10.7. The van der Waals surface area contributed by atoms with Gasteiger partial charge in [-0.2, -0.15) is 0 Å². The standard InChI is InChI=1S/C16H22N2O2/c1-12-4-6-15(14(10-12)5-7-16(19)20)18-9-8-17(3)13(2)11-18/h4-7,10,13H,8-9,11H2,1-3H3,(H,19,20)/b7-5+. The molecule has 0 aromatic heterocycles. The Kier molecular flexibility index (Phi) is 4.45. The van der Waals surface area contributed by atoms with E-state index in [2.05, 4.69) is 35.9 Å². The van der Waals surface area contributed by atoms with Gasteiger partial charge in [0, 0.05) is 37.4 Å². The molecule has 1 saturated heterocycles. The third-order valence-electron chi connectivity index (χ3n) is 3.89. The van der Waals surface area contributed by atoms with Crippen molar-refractivity contribution in [2.45, 2.75) is 19.9 Å². The first kappa shape index (κ1) is 14.6. The summed E-state index contributed by atoms with van der Waals surface area (Å²) >= 11 is 0. The lowest BCUT2D eigenvalue weighted by Crippen LogP contribution is -2.50. The van der Waals surface area contributed by atoms with E-state index in [4.69, 9.17) is 5.11 Å². The smallest absolute Gasteiger partial charge is 0.328 e. The van der Waals surface area contributed by atoms with Crippen molar-refractivity contribution in [3.63, 3.8) is 0 Å². The molecule has 0 radical (unpaired) electrons. The molecule has 0 spiro atoms. The molecule has 20 heavy (non-hydrogen) atoms. The number of carboxylic acid groups (broad SMARTS) is 1. The topological polar surface area (TPSA) is 43.8 Å². The molecule has 108 valence electrons. The van der Waals surface area contributed by atoms with Crippen LogP contribution in [0.4, 0.5) is 5.69 Å². The molecule has 1 fully saturated rings. The molecule has 0 amide bonds. The number of hydrogen-bond acceptors (Lipinski definition) is 3. The van der Waals surface area contributed by atoms with E-state index in [0.29, 0.717) is 6.04 Å². The van der Waals surface area contributed by atoms with Crippen molar-refractivity contribution in [3.8, 4) is 0 Å². The molecule has 1 aliphatic rings. The summed E-state index contributed by atoms with van der Waals surface area (Å²) in [4.78, 5) is 15.4. The van der Waals surface area contributed by atoms with Gasteiger partial charge in [-0.3, -0.25) is 0 Å². The van der Waals surface area contributed by atoms with Gasteiger partial charge in [-0.15, -0.1) is 0 Å². The Morgan fingerprint density at radius 3 is 2.80 bits per heavy atom. The average molecular weight is 274 g/mol. The van der Waals surface area contributed by atoms with E-state index in [1.54, 1.807) is 6.08 Å². The minimum Gasteiger partial charge on any atom is -0.478 e. The average Bonchev–Trinajstić information content (AvgIpc) is 2.40. The van der Waals surface area contributed by atoms with Gasteiger partial charge in [0.15, 0.2) is 0 Å². The van der Waals surface area contributed by atoms with Crippen molar-refractivity contribution in [2.75, 3.05) is 31.6 Å². The molecule has 1 unspecified atom stereocenters. The number of carbonyl (C=O) groups is 1. The van der Waals surface area contributed by atoms with E-state index in [1.165, 1.54) is 6.08 Å². The molecule has 1 aliphatic heterocycles. The van der Waals surface area contributed by atoms with Crippen LogP contribution in [0.5, 0.6) is 0 Å². The van der Waals surface area contributed by atoms with E-state index >= 15 is 0 Å². The predicted octanol–water partition coefficient (Wildman–Crippen LogP) is 2.23. The van der Waals surface area contributed by atoms with Crippen LogP contribution in [-0.2, 0) is 4.79 Å². The quantitative estimate of drug-likeness (QED) is 0.859. The van der Waals surface area contributed by atoms with Gasteiger partial charge in [0.25, 0.3) is 0 Å². The van der Waals surface area contributed by atoms with Crippen LogP contribution in [0.3, 0.4) is 0 Å². The van der Waals surface area contributed by atoms with Crippen molar-refractivity contribution < 1.29 is 9.90 Å². The van der Waals surface area contributed by atoms with E-state index in [-0.39, 0.29) is 0 Å². The highest BCUT2D eigenvalue weighted by Crippen LogP contribution is 2.25. The minimum absolute atomic E-state index is 0.501. The van der Waals surface area contributed by atoms with Crippen molar-refractivity contribution in [2.24, 2.45) is 0 Å². The second kappa shape index (κ2) is 6.09. The zero-order valence-corrected chi connectivity index (χ0v) is 12.3. The molecular weight excluding hydrogens is 252 g/mol. The summed E-state index contributed by atoms with van der Waals surface area (Å²) in [7, 11) is 2.14. The van der Waals surface area contributed by atoms with Gasteiger partial charge in [-0.05, 0) is 44.7 Å². The highest BCUT2D eigenvalue weighted by molar-refractivity contribution is 5.87. The largest absolute Gasteiger partial charge is 0.478 e. The molecule has 1 N–H and O–H groups in total. The minimum atomic E-state index is -0.913. The Bertz CT molecular complexity index is 525. The third-order valence-corrected chi connectivity index (χ3v) is 3.89. The first-order chi connectivity index (χ1) is 9.47. The fraction of sp³-hybridized carbons (Fsp3) is 0.438. The monoisotopic (exact) mass is 274 g/mol. The van der Waals surface area contributed by atoms with Crippen molar-refractivity contribution in [3.05, 3.63) is 35.4 Å². The molecule has 1 aromatic carbocycles. The number of likely N-dealkylation sites (N-methyl/N-ethyl adjacent to an activating group) is 1. The summed E-state index contributed by atoms with van der Waals surface area (Å²) in [6, 6.07) is 6.71. The van der Waals surface area contributed by atoms with Gasteiger partial charge >= 0.3 is 5.97 Å². The van der Waals surface area contributed by atoms with Crippen LogP contribution in [-0.4, -0.2) is 48.7 Å². The maximum Gasteiger partial charge on any atom is 0.328 e. The summed E-state index contributed by atoms with van der Waals surface area (Å²) in [5, 5.41) is 8.82. The van der Waals surface area contributed by atoms with Gasteiger partial charge in [0.1, 0.15) is 0 Å². The van der Waals surface area contributed by atoms with E-state index < -0.39 is 5.97 Å². The molecule has 4 nitrogen and oxygen atoms in total. The normalized spacial score (nSPS) is 20.6. The molecule has 1 atom stereocenters. The lowest BCUT2D eigenvalue weighted by molar-refractivity contribution is -0.131. The Morgan fingerprint density at radius 1 is 1.40 bits per heavy atom. The number of aliphatic carboxylic acids is 1. The SMILES string of the molecule is Cc1ccc(N2CCN(C)C(C)C2)c(/C=C/C(=O)O)c1. The first-order valence-corrected chi connectivity index (χ1v) is 6.94. The predicted molar refractivity (Wildman–Crippen MR) is 82.2 cm³/mol. The van der Waals surface area contributed by atoms with Gasteiger partial charge < -0.3 is 14.9 Å². The number of rotatable bonds is 3. The van der Waals surface area contributed by atoms with Crippen LogP contribution in [0.25, 0.3) is 6.08 Å². The summed E-state index contributed by atoms with van der Waals surface area (Å²) in [6.45, 7) is 7.20. The van der Waals surface area contributed by atoms with Gasteiger partial charge in [0.05, 0.1) is 0 Å². The number of benzene rings is 1. The molecule has 1 heterocycles. The van der Waals surface area contributed by atoms with Crippen LogP contribution >= 0.6 is 0 Å². The number of nitrogens with zero attached hydrogens (tertiary/aromatic N) is 2. The highest BCUT2D eigenvalue weighted by Gasteiger charge is 2.21. The van der Waals surface area contributed by atoms with Gasteiger partial charge in [-0.25, -0.2) is 4.79 Å². The number of carboxylic acids is 1. The molecule has 2 rings (SSSR count). The molecule has 1 aromatic rings. The summed E-state index contributed by atoms with van der Waals surface area (Å²) in [5.74, 6) is -0.913. The fourth-order valence-corrected chi connectivity index (χ4v) is 2.52. The number of piperazine rings is 1. The second-order valence-corrected chi connectivity index (χ2v) is 5.51. The lowest BCUT2D eigenvalue weighted by atomic mass is 10.1. The van der Waals surface area contributed by atoms with Crippen molar-refractivity contribution in [1.82, 2.24) is 4.90 Å². The van der Waals surface area contributed by atoms with E-state index in [9.17, 15) is 4.79 Å². The van der Waals surface area contributed by atoms with Crippen LogP contribution in [0, 0.1) is 6.92 Å². The number of hydrogen-bond donors (Lipinski definition) is 1. The molecular formula is C16H22N2O2. The first-order valence-electron chi connectivity index (χ1n) is 6.94. The summed E-state index contributed by atoms with van der Waals surface area (Å²) in [5.41, 5.74) is 3.23. The maximum absolute atomic E-state index is 10.7. The Morgan fingerprint density at radius 2 is 2.15 bits per heavy atom. The zero-order chi connectivity index (χ0) is 14.7. The Labute approximate surface area is 120 Å². The van der Waals surface area contributed by atoms with Crippen LogP contribution in [0.2, 0.25) is 0 Å². The van der Waals surface area contributed by atoms with Crippen LogP contribution in [0.15, 0.2) is 24.3 Å². The molecule has 0 saturated carbocycles. The molecule has 0 aliphatic carbocycles. The van der Waals surface area contributed by atoms with Gasteiger partial charge in [0.2, 0.25) is 0 Å². The van der Waals surface area contributed by atoms with Crippen molar-refractivity contribution >= 4 is 17.7 Å². The molecule has 4 heteroatoms. The number of anilines is 1. The van der Waals surface area contributed by atoms with E-state index in [0.717, 1.165) is 36.4 Å². The second-order valence-electron chi connectivity index (χ2n) is 5.51. The highest BCUT2D eigenvalue weighted by atomic mass is 16.4. The Hall–Kier alpha value is -1.81. The van der Waals surface area contributed by atoms with Crippen LogP contribution < -0.4 is 4.90 Å².